The van der Waals surface area contributed by atoms with Gasteiger partial charge in [0.25, 0.3) is 0 Å². The van der Waals surface area contributed by atoms with Gasteiger partial charge in [0.05, 0.1) is 20.3 Å². The summed E-state index contributed by atoms with van der Waals surface area (Å²) in [4.78, 5) is 17.6. The summed E-state index contributed by atoms with van der Waals surface area (Å²) in [6.07, 6.45) is 0.998. The zero-order chi connectivity index (χ0) is 21.3. The number of piperazine rings is 1. The van der Waals surface area contributed by atoms with Crippen LogP contribution in [0.2, 0.25) is 0 Å². The van der Waals surface area contributed by atoms with E-state index in [1.54, 1.807) is 14.2 Å². The van der Waals surface area contributed by atoms with Gasteiger partial charge in [-0.2, -0.15) is 0 Å². The SMILES string of the molecule is COc1cccc(CCC(=O)NC(CN2CCN(C)CC2)c2ccccc2)c1OC. The summed E-state index contributed by atoms with van der Waals surface area (Å²) in [5.41, 5.74) is 2.12. The lowest BCUT2D eigenvalue weighted by Crippen LogP contribution is -2.47. The van der Waals surface area contributed by atoms with E-state index in [9.17, 15) is 4.79 Å². The number of nitrogens with zero attached hydrogens (tertiary/aromatic N) is 2. The molecule has 6 heteroatoms. The van der Waals surface area contributed by atoms with Crippen molar-refractivity contribution in [3.63, 3.8) is 0 Å². The minimum Gasteiger partial charge on any atom is -0.493 e. The second-order valence-electron chi connectivity index (χ2n) is 7.79. The number of ether oxygens (including phenoxy) is 2. The zero-order valence-electron chi connectivity index (χ0n) is 18.3. The molecule has 162 valence electrons. The molecule has 1 amide bonds. The van der Waals surface area contributed by atoms with Gasteiger partial charge in [0, 0.05) is 39.1 Å². The normalized spacial score (nSPS) is 16.1. The summed E-state index contributed by atoms with van der Waals surface area (Å²) in [5, 5.41) is 3.26. The molecule has 1 heterocycles. The van der Waals surface area contributed by atoms with Crippen molar-refractivity contribution in [1.82, 2.24) is 15.1 Å². The van der Waals surface area contributed by atoms with Crippen LogP contribution in [0.4, 0.5) is 0 Å². The van der Waals surface area contributed by atoms with Crippen molar-refractivity contribution in [2.24, 2.45) is 0 Å². The average Bonchev–Trinajstić information content (AvgIpc) is 2.78. The molecule has 1 saturated heterocycles. The molecule has 1 unspecified atom stereocenters. The highest BCUT2D eigenvalue weighted by Gasteiger charge is 2.21. The minimum atomic E-state index is -0.0192. The quantitative estimate of drug-likeness (QED) is 0.688. The Bertz CT molecular complexity index is 805. The molecule has 2 aromatic carbocycles. The van der Waals surface area contributed by atoms with Crippen LogP contribution in [-0.2, 0) is 11.2 Å². The van der Waals surface area contributed by atoms with Gasteiger partial charge in [-0.05, 0) is 30.7 Å². The molecular weight excluding hydrogens is 378 g/mol. The number of methoxy groups -OCH3 is 2. The fraction of sp³-hybridized carbons (Fsp3) is 0.458. The molecule has 0 spiro atoms. The van der Waals surface area contributed by atoms with E-state index >= 15 is 0 Å². The highest BCUT2D eigenvalue weighted by atomic mass is 16.5. The summed E-state index contributed by atoms with van der Waals surface area (Å²) < 4.78 is 10.9. The largest absolute Gasteiger partial charge is 0.493 e. The Morgan fingerprint density at radius 2 is 1.73 bits per heavy atom. The Hall–Kier alpha value is -2.57. The number of hydrogen-bond acceptors (Lipinski definition) is 5. The van der Waals surface area contributed by atoms with E-state index in [-0.39, 0.29) is 11.9 Å². The summed E-state index contributed by atoms with van der Waals surface area (Å²) in [6, 6.07) is 16.0. The Labute approximate surface area is 179 Å². The van der Waals surface area contributed by atoms with Crippen molar-refractivity contribution in [2.75, 3.05) is 54.0 Å². The average molecular weight is 412 g/mol. The number of hydrogen-bond donors (Lipinski definition) is 1. The first-order chi connectivity index (χ1) is 14.6. The monoisotopic (exact) mass is 411 g/mol. The number of benzene rings is 2. The molecule has 1 fully saturated rings. The Kier molecular flexibility index (Phi) is 8.11. The van der Waals surface area contributed by atoms with Gasteiger partial charge in [-0.3, -0.25) is 9.69 Å². The van der Waals surface area contributed by atoms with Crippen LogP contribution in [0.3, 0.4) is 0 Å². The molecule has 1 atom stereocenters. The number of aryl methyl sites for hydroxylation is 1. The molecule has 30 heavy (non-hydrogen) atoms. The van der Waals surface area contributed by atoms with Crippen molar-refractivity contribution >= 4 is 5.91 Å². The van der Waals surface area contributed by atoms with Gasteiger partial charge in [0.15, 0.2) is 11.5 Å². The van der Waals surface area contributed by atoms with Gasteiger partial charge in [-0.1, -0.05) is 42.5 Å². The smallest absolute Gasteiger partial charge is 0.220 e. The van der Waals surface area contributed by atoms with Crippen LogP contribution in [0.5, 0.6) is 11.5 Å². The third-order valence-electron chi connectivity index (χ3n) is 5.68. The Morgan fingerprint density at radius 3 is 2.40 bits per heavy atom. The molecule has 0 aromatic heterocycles. The predicted molar refractivity (Wildman–Crippen MR) is 119 cm³/mol. The first kappa shape index (κ1) is 22.1. The van der Waals surface area contributed by atoms with Crippen LogP contribution in [0.1, 0.15) is 23.6 Å². The molecule has 6 nitrogen and oxygen atoms in total. The summed E-state index contributed by atoms with van der Waals surface area (Å²) in [7, 11) is 5.40. The van der Waals surface area contributed by atoms with Crippen molar-refractivity contribution in [2.45, 2.75) is 18.9 Å². The third-order valence-corrected chi connectivity index (χ3v) is 5.68. The molecule has 1 aliphatic heterocycles. The topological polar surface area (TPSA) is 54.0 Å². The lowest BCUT2D eigenvalue weighted by molar-refractivity contribution is -0.122. The molecule has 2 aromatic rings. The highest BCUT2D eigenvalue weighted by molar-refractivity contribution is 5.77. The molecular formula is C24H33N3O3. The van der Waals surface area contributed by atoms with Crippen molar-refractivity contribution < 1.29 is 14.3 Å². The lowest BCUT2D eigenvalue weighted by atomic mass is 10.0. The fourth-order valence-electron chi connectivity index (χ4n) is 3.87. The van der Waals surface area contributed by atoms with Crippen LogP contribution >= 0.6 is 0 Å². The van der Waals surface area contributed by atoms with E-state index in [4.69, 9.17) is 9.47 Å². The molecule has 0 aliphatic carbocycles. The summed E-state index contributed by atoms with van der Waals surface area (Å²) in [6.45, 7) is 5.00. The second kappa shape index (κ2) is 11.0. The van der Waals surface area contributed by atoms with E-state index < -0.39 is 0 Å². The number of rotatable bonds is 9. The third kappa shape index (κ3) is 5.97. The van der Waals surface area contributed by atoms with Crippen LogP contribution in [0.25, 0.3) is 0 Å². The number of nitrogens with one attached hydrogen (secondary N) is 1. The second-order valence-corrected chi connectivity index (χ2v) is 7.79. The minimum absolute atomic E-state index is 0.0192. The van der Waals surface area contributed by atoms with Crippen LogP contribution in [0, 0.1) is 0 Å². The number of likely N-dealkylation sites (N-methyl/N-ethyl adjacent to an activating group) is 1. The standard InChI is InChI=1S/C24H33N3O3/c1-26-14-16-27(17-15-26)18-21(19-8-5-4-6-9-19)25-23(28)13-12-20-10-7-11-22(29-2)24(20)30-3/h4-11,21H,12-18H2,1-3H3,(H,25,28). The van der Waals surface area contributed by atoms with Crippen molar-refractivity contribution in [1.29, 1.82) is 0 Å². The van der Waals surface area contributed by atoms with Crippen LogP contribution in [-0.4, -0.2) is 69.7 Å². The fourth-order valence-corrected chi connectivity index (χ4v) is 3.87. The van der Waals surface area contributed by atoms with Gasteiger partial charge in [0.1, 0.15) is 0 Å². The zero-order valence-corrected chi connectivity index (χ0v) is 18.3. The predicted octanol–water partition coefficient (Wildman–Crippen LogP) is 2.74. The van der Waals surface area contributed by atoms with Crippen LogP contribution in [0.15, 0.2) is 48.5 Å². The van der Waals surface area contributed by atoms with Gasteiger partial charge >= 0.3 is 0 Å². The first-order valence-electron chi connectivity index (χ1n) is 10.6. The van der Waals surface area contributed by atoms with Crippen molar-refractivity contribution in [3.8, 4) is 11.5 Å². The van der Waals surface area contributed by atoms with Gasteiger partial charge < -0.3 is 19.7 Å². The van der Waals surface area contributed by atoms with E-state index in [0.717, 1.165) is 43.9 Å². The van der Waals surface area contributed by atoms with Gasteiger partial charge in [-0.15, -0.1) is 0 Å². The molecule has 3 rings (SSSR count). The van der Waals surface area contributed by atoms with Gasteiger partial charge in [0.2, 0.25) is 5.91 Å². The maximum absolute atomic E-state index is 12.8. The van der Waals surface area contributed by atoms with E-state index in [1.165, 1.54) is 0 Å². The van der Waals surface area contributed by atoms with Crippen LogP contribution < -0.4 is 14.8 Å². The van der Waals surface area contributed by atoms with Gasteiger partial charge in [-0.25, -0.2) is 0 Å². The molecule has 0 saturated carbocycles. The first-order valence-corrected chi connectivity index (χ1v) is 10.6. The molecule has 1 N–H and O–H groups in total. The maximum Gasteiger partial charge on any atom is 0.220 e. The summed E-state index contributed by atoms with van der Waals surface area (Å²) >= 11 is 0. The Morgan fingerprint density at radius 1 is 1.00 bits per heavy atom. The number of carbonyl (C=O) groups is 1. The highest BCUT2D eigenvalue weighted by Crippen LogP contribution is 2.31. The number of amides is 1. The molecule has 0 radical (unpaired) electrons. The number of para-hydroxylation sites is 1. The maximum atomic E-state index is 12.8. The summed E-state index contributed by atoms with van der Waals surface area (Å²) in [5.74, 6) is 1.43. The lowest BCUT2D eigenvalue weighted by Gasteiger charge is -2.35. The molecule has 1 aliphatic rings. The van der Waals surface area contributed by atoms with E-state index in [0.29, 0.717) is 24.3 Å². The van der Waals surface area contributed by atoms with Crippen molar-refractivity contribution in [3.05, 3.63) is 59.7 Å². The number of carbonyl (C=O) groups excluding carboxylic acids is 1. The Balaban J connectivity index is 1.63. The van der Waals surface area contributed by atoms with E-state index in [2.05, 4.69) is 34.3 Å². The molecule has 0 bridgehead atoms. The van der Waals surface area contributed by atoms with E-state index in [1.807, 2.05) is 36.4 Å².